The van der Waals surface area contributed by atoms with Gasteiger partial charge in [-0.3, -0.25) is 0 Å². The molecule has 0 saturated heterocycles. The lowest BCUT2D eigenvalue weighted by atomic mass is 10.1. The third-order valence-electron chi connectivity index (χ3n) is 4.14. The maximum Gasteiger partial charge on any atom is 0.223 e. The summed E-state index contributed by atoms with van der Waals surface area (Å²) < 4.78 is 10.8. The van der Waals surface area contributed by atoms with Crippen LogP contribution in [-0.4, -0.2) is 15.1 Å². The number of nitrogens with zero attached hydrogens (tertiary/aromatic N) is 3. The van der Waals surface area contributed by atoms with Crippen LogP contribution in [0.2, 0.25) is 0 Å². The highest BCUT2D eigenvalue weighted by Crippen LogP contribution is 2.22. The second kappa shape index (κ2) is 6.02. The summed E-state index contributed by atoms with van der Waals surface area (Å²) in [5.41, 5.74) is 6.06. The minimum absolute atomic E-state index is 0.556. The minimum atomic E-state index is 0.556. The quantitative estimate of drug-likeness (QED) is 0.530. The zero-order chi connectivity index (χ0) is 17.4. The number of benzene rings is 2. The highest BCUT2D eigenvalue weighted by Gasteiger charge is 2.06. The standard InChI is InChI=1S/C20H17N3O2/c1-12-10-17-18(11-13(12)2)24-19(22-17)9-6-15-4-7-16(8-5-15)20-21-14(3)25-23-20/h4-11H,1-3H3. The molecular formula is C20H17N3O2. The molecule has 0 amide bonds. The minimum Gasteiger partial charge on any atom is -0.437 e. The van der Waals surface area contributed by atoms with E-state index >= 15 is 0 Å². The molecule has 0 fully saturated rings. The zero-order valence-corrected chi connectivity index (χ0v) is 14.3. The van der Waals surface area contributed by atoms with Crippen LogP contribution in [0, 0.1) is 20.8 Å². The van der Waals surface area contributed by atoms with Crippen molar-refractivity contribution in [2.24, 2.45) is 0 Å². The van der Waals surface area contributed by atoms with Crippen LogP contribution in [0.4, 0.5) is 0 Å². The second-order valence-electron chi connectivity index (χ2n) is 6.05. The van der Waals surface area contributed by atoms with E-state index in [4.69, 9.17) is 8.94 Å². The third kappa shape index (κ3) is 3.08. The molecule has 2 heterocycles. The van der Waals surface area contributed by atoms with Crippen LogP contribution in [0.1, 0.15) is 28.5 Å². The van der Waals surface area contributed by atoms with E-state index in [0.717, 1.165) is 22.2 Å². The van der Waals surface area contributed by atoms with Gasteiger partial charge in [0.1, 0.15) is 5.52 Å². The first-order valence-corrected chi connectivity index (χ1v) is 8.05. The van der Waals surface area contributed by atoms with E-state index < -0.39 is 0 Å². The van der Waals surface area contributed by atoms with Gasteiger partial charge in [0.25, 0.3) is 0 Å². The van der Waals surface area contributed by atoms with Crippen molar-refractivity contribution < 1.29 is 8.94 Å². The first-order valence-electron chi connectivity index (χ1n) is 8.05. The van der Waals surface area contributed by atoms with Crippen molar-refractivity contribution in [3.05, 3.63) is 64.9 Å². The van der Waals surface area contributed by atoms with Gasteiger partial charge in [0.15, 0.2) is 5.58 Å². The smallest absolute Gasteiger partial charge is 0.223 e. The molecule has 4 rings (SSSR count). The first-order chi connectivity index (χ1) is 12.1. The molecule has 124 valence electrons. The number of aromatic nitrogens is 3. The molecule has 0 atom stereocenters. The van der Waals surface area contributed by atoms with Gasteiger partial charge in [-0.15, -0.1) is 0 Å². The van der Waals surface area contributed by atoms with E-state index in [1.807, 2.05) is 48.6 Å². The van der Waals surface area contributed by atoms with Crippen molar-refractivity contribution in [3.63, 3.8) is 0 Å². The number of fused-ring (bicyclic) bond motifs is 1. The summed E-state index contributed by atoms with van der Waals surface area (Å²) in [6, 6.07) is 12.0. The lowest BCUT2D eigenvalue weighted by Gasteiger charge is -1.96. The fourth-order valence-electron chi connectivity index (χ4n) is 2.60. The molecule has 2 aromatic heterocycles. The SMILES string of the molecule is Cc1nc(-c2ccc(C=Cc3nc4cc(C)c(C)cc4o3)cc2)no1. The van der Waals surface area contributed by atoms with Crippen LogP contribution in [-0.2, 0) is 0 Å². The van der Waals surface area contributed by atoms with Gasteiger partial charge in [0.2, 0.25) is 17.6 Å². The summed E-state index contributed by atoms with van der Waals surface area (Å²) in [5, 5.41) is 3.92. The van der Waals surface area contributed by atoms with Crippen LogP contribution in [0.25, 0.3) is 34.6 Å². The molecule has 4 aromatic rings. The molecule has 0 bridgehead atoms. The summed E-state index contributed by atoms with van der Waals surface area (Å²) in [4.78, 5) is 8.73. The molecule has 0 radical (unpaired) electrons. The molecule has 5 heteroatoms. The van der Waals surface area contributed by atoms with E-state index in [0.29, 0.717) is 17.6 Å². The van der Waals surface area contributed by atoms with Gasteiger partial charge in [0.05, 0.1) is 0 Å². The normalized spacial score (nSPS) is 11.6. The van der Waals surface area contributed by atoms with Crippen molar-refractivity contribution >= 4 is 23.3 Å². The summed E-state index contributed by atoms with van der Waals surface area (Å²) in [7, 11) is 0. The maximum absolute atomic E-state index is 5.79. The Balaban J connectivity index is 1.57. The number of hydrogen-bond donors (Lipinski definition) is 0. The van der Waals surface area contributed by atoms with Crippen molar-refractivity contribution in [3.8, 4) is 11.4 Å². The first kappa shape index (κ1) is 15.3. The Labute approximate surface area is 145 Å². The Bertz CT molecular complexity index is 1030. The lowest BCUT2D eigenvalue weighted by Crippen LogP contribution is -1.81. The van der Waals surface area contributed by atoms with Crippen molar-refractivity contribution in [2.75, 3.05) is 0 Å². The molecular weight excluding hydrogens is 314 g/mol. The van der Waals surface area contributed by atoms with Crippen molar-refractivity contribution in [2.45, 2.75) is 20.8 Å². The van der Waals surface area contributed by atoms with E-state index in [2.05, 4.69) is 29.0 Å². The predicted octanol–water partition coefficient (Wildman–Crippen LogP) is 4.97. The summed E-state index contributed by atoms with van der Waals surface area (Å²) in [6.07, 6.45) is 3.84. The van der Waals surface area contributed by atoms with E-state index in [-0.39, 0.29) is 0 Å². The van der Waals surface area contributed by atoms with Crippen LogP contribution in [0.15, 0.2) is 45.3 Å². The lowest BCUT2D eigenvalue weighted by molar-refractivity contribution is 0.394. The molecule has 0 spiro atoms. The average molecular weight is 331 g/mol. The summed E-state index contributed by atoms with van der Waals surface area (Å²) in [5.74, 6) is 1.75. The van der Waals surface area contributed by atoms with Gasteiger partial charge < -0.3 is 8.94 Å². The van der Waals surface area contributed by atoms with Crippen LogP contribution in [0.3, 0.4) is 0 Å². The fraction of sp³-hybridized carbons (Fsp3) is 0.150. The molecule has 0 saturated carbocycles. The Kier molecular flexibility index (Phi) is 3.69. The van der Waals surface area contributed by atoms with E-state index in [1.165, 1.54) is 11.1 Å². The number of aryl methyl sites for hydroxylation is 3. The Morgan fingerprint density at radius 2 is 1.64 bits per heavy atom. The molecule has 0 aliphatic rings. The largest absolute Gasteiger partial charge is 0.437 e. The Morgan fingerprint density at radius 3 is 2.36 bits per heavy atom. The highest BCUT2D eigenvalue weighted by molar-refractivity contribution is 5.77. The Hall–Kier alpha value is -3.21. The van der Waals surface area contributed by atoms with Crippen LogP contribution in [0.5, 0.6) is 0 Å². The molecule has 5 nitrogen and oxygen atoms in total. The molecule has 2 aromatic carbocycles. The molecule has 0 aliphatic carbocycles. The van der Waals surface area contributed by atoms with E-state index in [9.17, 15) is 0 Å². The fourth-order valence-corrected chi connectivity index (χ4v) is 2.60. The van der Waals surface area contributed by atoms with Gasteiger partial charge in [-0.1, -0.05) is 29.4 Å². The monoisotopic (exact) mass is 331 g/mol. The summed E-state index contributed by atoms with van der Waals surface area (Å²) in [6.45, 7) is 5.92. The number of rotatable bonds is 3. The van der Waals surface area contributed by atoms with Gasteiger partial charge in [-0.2, -0.15) is 4.98 Å². The average Bonchev–Trinajstić information content (AvgIpc) is 3.20. The zero-order valence-electron chi connectivity index (χ0n) is 14.3. The van der Waals surface area contributed by atoms with Gasteiger partial charge in [0, 0.05) is 18.6 Å². The number of hydrogen-bond acceptors (Lipinski definition) is 5. The Morgan fingerprint density at radius 1 is 0.880 bits per heavy atom. The van der Waals surface area contributed by atoms with Gasteiger partial charge in [-0.25, -0.2) is 4.98 Å². The highest BCUT2D eigenvalue weighted by atomic mass is 16.5. The number of oxazole rings is 1. The molecule has 0 N–H and O–H groups in total. The van der Waals surface area contributed by atoms with Gasteiger partial charge in [-0.05, 0) is 48.7 Å². The topological polar surface area (TPSA) is 65.0 Å². The molecule has 0 aliphatic heterocycles. The van der Waals surface area contributed by atoms with Crippen LogP contribution >= 0.6 is 0 Å². The predicted molar refractivity (Wildman–Crippen MR) is 96.9 cm³/mol. The van der Waals surface area contributed by atoms with Crippen molar-refractivity contribution in [1.82, 2.24) is 15.1 Å². The maximum atomic E-state index is 5.79. The second-order valence-corrected chi connectivity index (χ2v) is 6.05. The molecule has 25 heavy (non-hydrogen) atoms. The summed E-state index contributed by atoms with van der Waals surface area (Å²) >= 11 is 0. The van der Waals surface area contributed by atoms with E-state index in [1.54, 1.807) is 6.92 Å². The molecule has 0 unspecified atom stereocenters. The third-order valence-corrected chi connectivity index (χ3v) is 4.14. The van der Waals surface area contributed by atoms with Crippen molar-refractivity contribution in [1.29, 1.82) is 0 Å². The van der Waals surface area contributed by atoms with Crippen LogP contribution < -0.4 is 0 Å². The van der Waals surface area contributed by atoms with Gasteiger partial charge >= 0.3 is 0 Å².